The molecular weight excluding hydrogens is 530 g/mol. The van der Waals surface area contributed by atoms with Crippen LogP contribution in [0.3, 0.4) is 0 Å². The molecule has 2 aromatic rings. The van der Waals surface area contributed by atoms with Crippen molar-refractivity contribution in [2.45, 2.75) is 101 Å². The molecular formula is C32H45N7OS. The maximum absolute atomic E-state index is 9.87. The first kappa shape index (κ1) is 28.7. The number of nitrogens with one attached hydrogen (secondary N) is 3. The number of aromatic nitrogens is 3. The lowest BCUT2D eigenvalue weighted by atomic mass is 9.48. The summed E-state index contributed by atoms with van der Waals surface area (Å²) in [4.78, 5) is 13.7. The Morgan fingerprint density at radius 1 is 1.10 bits per heavy atom. The minimum atomic E-state index is -0.0779. The maximum Gasteiger partial charge on any atom is 0.224 e. The highest BCUT2D eigenvalue weighted by molar-refractivity contribution is 7.99. The average Bonchev–Trinajstić information content (AvgIpc) is 2.96. The van der Waals surface area contributed by atoms with Gasteiger partial charge in [-0.05, 0) is 99.5 Å². The Morgan fingerprint density at radius 2 is 1.88 bits per heavy atom. The number of aliphatic hydroxyl groups is 1. The number of nitrogens with zero attached hydrogens (tertiary/aromatic N) is 4. The van der Waals surface area contributed by atoms with Crippen molar-refractivity contribution in [3.8, 4) is 6.07 Å². The van der Waals surface area contributed by atoms with Gasteiger partial charge in [-0.15, -0.1) is 11.8 Å². The standard InChI is InChI=1S/C32H45N7OS/c1-20(2)41-30-23(4-3-9-34-30)17-36-31-37-18-26(15-33)29(39-31)38-19-32-12-22-10-24(13-32)28(25(11-22)14-32)35-16-21-5-7-27(40)8-6-21/h3-4,9,18,20-22,24-25,27-28,35,40H,5-8,10-14,16-17,19H2,1-2H3,(H2,36,37,38,39)/t21?,22?,24-,25+,27?,28?,32?. The summed E-state index contributed by atoms with van der Waals surface area (Å²) < 4.78 is 0. The molecule has 0 aliphatic heterocycles. The maximum atomic E-state index is 9.87. The molecule has 2 aromatic heterocycles. The normalized spacial score (nSPS) is 32.2. The van der Waals surface area contributed by atoms with E-state index in [2.05, 4.69) is 51.9 Å². The van der Waals surface area contributed by atoms with E-state index >= 15 is 0 Å². The SMILES string of the molecule is CC(C)Sc1ncccc1CNc1ncc(C#N)c(NCC23CC4C[C@H](C2)C(NCC2CCC(O)CC2)[C@@H](C4)C3)n1. The van der Waals surface area contributed by atoms with Crippen molar-refractivity contribution in [1.82, 2.24) is 20.3 Å². The van der Waals surface area contributed by atoms with Gasteiger partial charge >= 0.3 is 0 Å². The third kappa shape index (κ3) is 6.65. The highest BCUT2D eigenvalue weighted by atomic mass is 32.2. The first-order valence-corrected chi connectivity index (χ1v) is 16.5. The molecule has 5 aliphatic carbocycles. The predicted molar refractivity (Wildman–Crippen MR) is 164 cm³/mol. The number of hydrogen-bond acceptors (Lipinski definition) is 9. The number of pyridine rings is 1. The summed E-state index contributed by atoms with van der Waals surface area (Å²) in [6.45, 7) is 6.90. The van der Waals surface area contributed by atoms with Gasteiger partial charge in [0.15, 0.2) is 0 Å². The van der Waals surface area contributed by atoms with Crippen molar-refractivity contribution < 1.29 is 5.11 Å². The van der Waals surface area contributed by atoms with Crippen LogP contribution in [-0.2, 0) is 6.54 Å². The molecule has 0 saturated heterocycles. The third-order valence-electron chi connectivity index (χ3n) is 10.0. The van der Waals surface area contributed by atoms with E-state index in [0.717, 1.165) is 73.0 Å². The van der Waals surface area contributed by atoms with E-state index in [1.165, 1.54) is 32.1 Å². The Bertz CT molecular complexity index is 1220. The molecule has 41 heavy (non-hydrogen) atoms. The quantitative estimate of drug-likeness (QED) is 0.254. The monoisotopic (exact) mass is 575 g/mol. The summed E-state index contributed by atoms with van der Waals surface area (Å²) in [7, 11) is 0. The van der Waals surface area contributed by atoms with Crippen LogP contribution in [-0.4, -0.2) is 50.5 Å². The van der Waals surface area contributed by atoms with E-state index in [4.69, 9.17) is 4.98 Å². The minimum Gasteiger partial charge on any atom is -0.393 e. The number of thioether (sulfide) groups is 1. The van der Waals surface area contributed by atoms with E-state index in [-0.39, 0.29) is 11.5 Å². The molecule has 5 aliphatic rings. The summed E-state index contributed by atoms with van der Waals surface area (Å²) in [5.74, 6) is 4.20. The second-order valence-corrected chi connectivity index (χ2v) is 15.1. The first-order valence-electron chi connectivity index (χ1n) is 15.7. The van der Waals surface area contributed by atoms with Crippen LogP contribution in [0, 0.1) is 40.4 Å². The zero-order valence-electron chi connectivity index (χ0n) is 24.5. The molecule has 5 saturated carbocycles. The Labute approximate surface area is 248 Å². The van der Waals surface area contributed by atoms with Crippen molar-refractivity contribution in [3.05, 3.63) is 35.7 Å². The van der Waals surface area contributed by atoms with Gasteiger partial charge in [-0.2, -0.15) is 10.2 Å². The molecule has 8 nitrogen and oxygen atoms in total. The summed E-state index contributed by atoms with van der Waals surface area (Å²) in [6.07, 6.45) is 14.1. The highest BCUT2D eigenvalue weighted by Crippen LogP contribution is 2.60. The predicted octanol–water partition coefficient (Wildman–Crippen LogP) is 5.60. The van der Waals surface area contributed by atoms with E-state index in [9.17, 15) is 10.4 Å². The molecule has 0 radical (unpaired) electrons. The molecule has 4 N–H and O–H groups in total. The molecule has 5 atom stereocenters. The van der Waals surface area contributed by atoms with Crippen LogP contribution in [0.4, 0.5) is 11.8 Å². The van der Waals surface area contributed by atoms with E-state index in [1.807, 2.05) is 12.3 Å². The smallest absolute Gasteiger partial charge is 0.224 e. The van der Waals surface area contributed by atoms with Gasteiger partial charge < -0.3 is 21.1 Å². The van der Waals surface area contributed by atoms with Crippen molar-refractivity contribution >= 4 is 23.5 Å². The van der Waals surface area contributed by atoms with Crippen molar-refractivity contribution in [3.63, 3.8) is 0 Å². The number of nitriles is 1. The van der Waals surface area contributed by atoms with Gasteiger partial charge in [0.25, 0.3) is 0 Å². The van der Waals surface area contributed by atoms with Crippen molar-refractivity contribution in [1.29, 1.82) is 5.26 Å². The van der Waals surface area contributed by atoms with E-state index < -0.39 is 0 Å². The molecule has 0 spiro atoms. The summed E-state index contributed by atoms with van der Waals surface area (Å²) in [5.41, 5.74) is 1.90. The fourth-order valence-electron chi connectivity index (χ4n) is 8.41. The molecule has 9 heteroatoms. The first-order chi connectivity index (χ1) is 19.9. The van der Waals surface area contributed by atoms with Gasteiger partial charge in [0.2, 0.25) is 5.95 Å². The lowest BCUT2D eigenvalue weighted by Gasteiger charge is -2.60. The van der Waals surface area contributed by atoms with Gasteiger partial charge in [0, 0.05) is 36.1 Å². The molecule has 5 fully saturated rings. The number of anilines is 2. The van der Waals surface area contributed by atoms with Crippen LogP contribution in [0.5, 0.6) is 0 Å². The van der Waals surface area contributed by atoms with Gasteiger partial charge in [-0.3, -0.25) is 0 Å². The van der Waals surface area contributed by atoms with Crippen LogP contribution in [0.15, 0.2) is 29.6 Å². The van der Waals surface area contributed by atoms with Crippen molar-refractivity contribution in [2.24, 2.45) is 29.1 Å². The minimum absolute atomic E-state index is 0.0779. The van der Waals surface area contributed by atoms with Crippen LogP contribution in [0.2, 0.25) is 0 Å². The Kier molecular flexibility index (Phi) is 8.71. The van der Waals surface area contributed by atoms with Gasteiger partial charge in [0.1, 0.15) is 22.5 Å². The fourth-order valence-corrected chi connectivity index (χ4v) is 9.27. The zero-order chi connectivity index (χ0) is 28.4. The number of aliphatic hydroxyl groups excluding tert-OH is 1. The van der Waals surface area contributed by atoms with Crippen LogP contribution in [0.25, 0.3) is 0 Å². The second kappa shape index (κ2) is 12.4. The Hall–Kier alpha value is -2.41. The van der Waals surface area contributed by atoms with Gasteiger partial charge in [-0.1, -0.05) is 19.9 Å². The summed E-state index contributed by atoms with van der Waals surface area (Å²) >= 11 is 1.75. The number of rotatable bonds is 11. The highest BCUT2D eigenvalue weighted by Gasteiger charge is 2.55. The zero-order valence-corrected chi connectivity index (χ0v) is 25.3. The van der Waals surface area contributed by atoms with Crippen LogP contribution in [0.1, 0.15) is 82.8 Å². The second-order valence-electron chi connectivity index (χ2n) is 13.5. The lowest BCUT2D eigenvalue weighted by molar-refractivity contribution is -0.0704. The molecule has 0 aromatic carbocycles. The Balaban J connectivity index is 1.08. The van der Waals surface area contributed by atoms with Crippen LogP contribution >= 0.6 is 11.8 Å². The van der Waals surface area contributed by atoms with Crippen LogP contribution < -0.4 is 16.0 Å². The molecule has 3 unspecified atom stereocenters. The fraction of sp³-hybridized carbons (Fsp3) is 0.688. The Morgan fingerprint density at radius 3 is 2.61 bits per heavy atom. The molecule has 0 amide bonds. The number of hydrogen-bond donors (Lipinski definition) is 4. The largest absolute Gasteiger partial charge is 0.393 e. The summed E-state index contributed by atoms with van der Waals surface area (Å²) in [5, 5.41) is 32.2. The van der Waals surface area contributed by atoms with E-state index in [1.54, 1.807) is 18.0 Å². The molecule has 7 rings (SSSR count). The van der Waals surface area contributed by atoms with Gasteiger partial charge in [0.05, 0.1) is 12.3 Å². The van der Waals surface area contributed by atoms with E-state index in [0.29, 0.717) is 35.2 Å². The molecule has 220 valence electrons. The average molecular weight is 576 g/mol. The van der Waals surface area contributed by atoms with Crippen molar-refractivity contribution in [2.75, 3.05) is 23.7 Å². The van der Waals surface area contributed by atoms with Gasteiger partial charge in [-0.25, -0.2) is 9.97 Å². The topological polar surface area (TPSA) is 119 Å². The summed E-state index contributed by atoms with van der Waals surface area (Å²) in [6, 6.07) is 6.97. The molecule has 4 bridgehead atoms. The lowest BCUT2D eigenvalue weighted by Crippen LogP contribution is -2.60. The molecule has 2 heterocycles. The third-order valence-corrected chi connectivity index (χ3v) is 11.1.